The first-order chi connectivity index (χ1) is 12.6. The molecule has 0 saturated heterocycles. The molecule has 6 nitrogen and oxygen atoms in total. The summed E-state index contributed by atoms with van der Waals surface area (Å²) in [5.74, 6) is -0.379. The van der Waals surface area contributed by atoms with E-state index in [9.17, 15) is 9.18 Å². The lowest BCUT2D eigenvalue weighted by atomic mass is 10.2. The Morgan fingerprint density at radius 1 is 1.31 bits per heavy atom. The minimum absolute atomic E-state index is 0.203. The van der Waals surface area contributed by atoms with E-state index in [2.05, 4.69) is 15.4 Å². The molecule has 2 heterocycles. The number of rotatable bonds is 7. The zero-order chi connectivity index (χ0) is 18.5. The topological polar surface area (TPSA) is 69.0 Å². The van der Waals surface area contributed by atoms with Crippen LogP contribution in [0.5, 0.6) is 5.75 Å². The molecule has 0 bridgehead atoms. The van der Waals surface area contributed by atoms with Crippen molar-refractivity contribution in [2.24, 2.45) is 0 Å². The third-order valence-corrected chi connectivity index (χ3v) is 3.89. The SMILES string of the molecule is CC(C)n1ncc2cc(C(=O)NCCCOc3ccccc3F)cnc21. The normalized spacial score (nSPS) is 11.1. The molecule has 26 heavy (non-hydrogen) atoms. The zero-order valence-corrected chi connectivity index (χ0v) is 14.8. The number of nitrogens with zero attached hydrogens (tertiary/aromatic N) is 3. The van der Waals surface area contributed by atoms with Gasteiger partial charge in [-0.3, -0.25) is 4.79 Å². The summed E-state index contributed by atoms with van der Waals surface area (Å²) >= 11 is 0. The fraction of sp³-hybridized carbons (Fsp3) is 0.316. The Balaban J connectivity index is 1.50. The quantitative estimate of drug-likeness (QED) is 0.659. The van der Waals surface area contributed by atoms with Crippen LogP contribution >= 0.6 is 0 Å². The first-order valence-electron chi connectivity index (χ1n) is 8.55. The highest BCUT2D eigenvalue weighted by atomic mass is 19.1. The number of pyridine rings is 1. The molecule has 0 aliphatic rings. The van der Waals surface area contributed by atoms with Crippen molar-refractivity contribution in [3.63, 3.8) is 0 Å². The van der Waals surface area contributed by atoms with E-state index in [4.69, 9.17) is 4.74 Å². The molecule has 0 fully saturated rings. The highest BCUT2D eigenvalue weighted by Gasteiger charge is 2.11. The van der Waals surface area contributed by atoms with E-state index in [0.717, 1.165) is 11.0 Å². The van der Waals surface area contributed by atoms with Gasteiger partial charge in [-0.15, -0.1) is 0 Å². The molecule has 0 aliphatic heterocycles. The Bertz CT molecular complexity index is 907. The van der Waals surface area contributed by atoms with E-state index >= 15 is 0 Å². The van der Waals surface area contributed by atoms with E-state index in [1.807, 2.05) is 18.5 Å². The monoisotopic (exact) mass is 356 g/mol. The number of amides is 1. The smallest absolute Gasteiger partial charge is 0.252 e. The third-order valence-electron chi connectivity index (χ3n) is 3.89. The minimum Gasteiger partial charge on any atom is -0.490 e. The highest BCUT2D eigenvalue weighted by molar-refractivity contribution is 5.96. The number of para-hydroxylation sites is 1. The Morgan fingerprint density at radius 3 is 2.88 bits per heavy atom. The number of aromatic nitrogens is 3. The van der Waals surface area contributed by atoms with Gasteiger partial charge in [-0.2, -0.15) is 5.10 Å². The van der Waals surface area contributed by atoms with Gasteiger partial charge in [-0.1, -0.05) is 12.1 Å². The molecule has 0 unspecified atom stereocenters. The minimum atomic E-state index is -0.391. The predicted molar refractivity (Wildman–Crippen MR) is 96.8 cm³/mol. The molecule has 3 rings (SSSR count). The third kappa shape index (κ3) is 3.99. The summed E-state index contributed by atoms with van der Waals surface area (Å²) in [6, 6.07) is 8.23. The van der Waals surface area contributed by atoms with Crippen molar-refractivity contribution in [2.75, 3.05) is 13.2 Å². The van der Waals surface area contributed by atoms with E-state index < -0.39 is 5.82 Å². The van der Waals surface area contributed by atoms with Gasteiger partial charge in [-0.05, 0) is 38.5 Å². The van der Waals surface area contributed by atoms with Gasteiger partial charge < -0.3 is 10.1 Å². The summed E-state index contributed by atoms with van der Waals surface area (Å²) in [5, 5.41) is 7.94. The van der Waals surface area contributed by atoms with E-state index in [-0.39, 0.29) is 17.7 Å². The molecule has 1 amide bonds. The van der Waals surface area contributed by atoms with Gasteiger partial charge in [0.1, 0.15) is 0 Å². The molecule has 0 aliphatic carbocycles. The van der Waals surface area contributed by atoms with Crippen LogP contribution in [-0.2, 0) is 0 Å². The summed E-state index contributed by atoms with van der Waals surface area (Å²) < 4.78 is 20.6. The van der Waals surface area contributed by atoms with Gasteiger partial charge in [0.05, 0.1) is 18.4 Å². The maximum absolute atomic E-state index is 13.4. The molecule has 0 saturated carbocycles. The highest BCUT2D eigenvalue weighted by Crippen LogP contribution is 2.17. The number of fused-ring (bicyclic) bond motifs is 1. The summed E-state index contributed by atoms with van der Waals surface area (Å²) in [5.41, 5.74) is 1.24. The molecule has 2 aromatic heterocycles. The number of hydrogen-bond donors (Lipinski definition) is 1. The van der Waals surface area contributed by atoms with Crippen LogP contribution in [0.15, 0.2) is 42.7 Å². The van der Waals surface area contributed by atoms with Crippen LogP contribution in [0, 0.1) is 5.82 Å². The average Bonchev–Trinajstić information content (AvgIpc) is 3.06. The van der Waals surface area contributed by atoms with Crippen LogP contribution in [0.4, 0.5) is 4.39 Å². The molecular formula is C19H21FN4O2. The second-order valence-electron chi connectivity index (χ2n) is 6.21. The van der Waals surface area contributed by atoms with Crippen LogP contribution in [0.1, 0.15) is 36.7 Å². The zero-order valence-electron chi connectivity index (χ0n) is 14.8. The Hall–Kier alpha value is -2.96. The molecule has 0 spiro atoms. The summed E-state index contributed by atoms with van der Waals surface area (Å²) in [7, 11) is 0. The van der Waals surface area contributed by atoms with E-state index in [0.29, 0.717) is 25.1 Å². The van der Waals surface area contributed by atoms with Gasteiger partial charge in [0, 0.05) is 24.2 Å². The molecule has 1 N–H and O–H groups in total. The molecule has 0 radical (unpaired) electrons. The second kappa shape index (κ2) is 7.95. The van der Waals surface area contributed by atoms with Crippen molar-refractivity contribution >= 4 is 16.9 Å². The largest absolute Gasteiger partial charge is 0.490 e. The molecule has 1 aromatic carbocycles. The number of carbonyl (C=O) groups is 1. The van der Waals surface area contributed by atoms with Crippen molar-refractivity contribution < 1.29 is 13.9 Å². The lowest BCUT2D eigenvalue weighted by molar-refractivity contribution is 0.0951. The Kier molecular flexibility index (Phi) is 5.46. The van der Waals surface area contributed by atoms with Crippen molar-refractivity contribution in [1.29, 1.82) is 0 Å². The molecule has 7 heteroatoms. The fourth-order valence-electron chi connectivity index (χ4n) is 2.56. The number of halogens is 1. The summed E-state index contributed by atoms with van der Waals surface area (Å²) in [6.07, 6.45) is 3.83. The van der Waals surface area contributed by atoms with Crippen LogP contribution in [-0.4, -0.2) is 33.8 Å². The number of hydrogen-bond acceptors (Lipinski definition) is 4. The van der Waals surface area contributed by atoms with Crippen LogP contribution in [0.2, 0.25) is 0 Å². The lowest BCUT2D eigenvalue weighted by Gasteiger charge is -2.08. The maximum atomic E-state index is 13.4. The Labute approximate surface area is 151 Å². The average molecular weight is 356 g/mol. The summed E-state index contributed by atoms with van der Waals surface area (Å²) in [6.45, 7) is 4.80. The maximum Gasteiger partial charge on any atom is 0.252 e. The molecule has 0 atom stereocenters. The van der Waals surface area contributed by atoms with Crippen LogP contribution in [0.25, 0.3) is 11.0 Å². The first-order valence-corrected chi connectivity index (χ1v) is 8.55. The Morgan fingerprint density at radius 2 is 2.12 bits per heavy atom. The molecule has 136 valence electrons. The van der Waals surface area contributed by atoms with E-state index in [1.165, 1.54) is 6.07 Å². The van der Waals surface area contributed by atoms with Crippen LogP contribution in [0.3, 0.4) is 0 Å². The lowest BCUT2D eigenvalue weighted by Crippen LogP contribution is -2.25. The number of carbonyl (C=O) groups excluding carboxylic acids is 1. The fourth-order valence-corrected chi connectivity index (χ4v) is 2.56. The van der Waals surface area contributed by atoms with Crippen LogP contribution < -0.4 is 10.1 Å². The number of ether oxygens (including phenoxy) is 1. The van der Waals surface area contributed by atoms with Gasteiger partial charge in [0.2, 0.25) is 0 Å². The van der Waals surface area contributed by atoms with Crippen molar-refractivity contribution in [3.8, 4) is 5.75 Å². The molecule has 3 aromatic rings. The predicted octanol–water partition coefficient (Wildman–Crippen LogP) is 3.35. The van der Waals surface area contributed by atoms with Crippen molar-refractivity contribution in [1.82, 2.24) is 20.1 Å². The van der Waals surface area contributed by atoms with Gasteiger partial charge in [0.25, 0.3) is 5.91 Å². The first kappa shape index (κ1) is 17.8. The standard InChI is InChI=1S/C19H21FN4O2/c1-13(2)24-18-14(12-23-24)10-15(11-22-18)19(25)21-8-5-9-26-17-7-4-3-6-16(17)20/h3-4,6-7,10-13H,5,8-9H2,1-2H3,(H,21,25). The summed E-state index contributed by atoms with van der Waals surface area (Å²) in [4.78, 5) is 16.6. The second-order valence-corrected chi connectivity index (χ2v) is 6.21. The van der Waals surface area contributed by atoms with Crippen molar-refractivity contribution in [3.05, 3.63) is 54.1 Å². The molecular weight excluding hydrogens is 335 g/mol. The van der Waals surface area contributed by atoms with Gasteiger partial charge in [0.15, 0.2) is 17.2 Å². The van der Waals surface area contributed by atoms with Gasteiger partial charge >= 0.3 is 0 Å². The number of nitrogens with one attached hydrogen (secondary N) is 1. The van der Waals surface area contributed by atoms with Crippen molar-refractivity contribution in [2.45, 2.75) is 26.3 Å². The van der Waals surface area contributed by atoms with Gasteiger partial charge in [-0.25, -0.2) is 14.1 Å². The number of benzene rings is 1. The van der Waals surface area contributed by atoms with E-state index in [1.54, 1.807) is 36.7 Å².